The Hall–Kier alpha value is -2.42. The van der Waals surface area contributed by atoms with Crippen LogP contribution in [0.5, 0.6) is 0 Å². The van der Waals surface area contributed by atoms with Crippen LogP contribution < -0.4 is 0 Å². The number of allylic oxidation sites excluding steroid dienone is 4. The van der Waals surface area contributed by atoms with Gasteiger partial charge in [0, 0.05) is 6.21 Å². The number of carbonyl (C=O) groups is 1. The van der Waals surface area contributed by atoms with Crippen LogP contribution in [0.3, 0.4) is 0 Å². The molecule has 0 fully saturated rings. The van der Waals surface area contributed by atoms with Crippen molar-refractivity contribution in [2.75, 3.05) is 6.54 Å². The highest BCUT2D eigenvalue weighted by Gasteiger charge is 2.06. The molecule has 0 aliphatic carbocycles. The van der Waals surface area contributed by atoms with Crippen LogP contribution in [0.25, 0.3) is 6.08 Å². The largest absolute Gasteiger partial charge is 0.478 e. The molecule has 3 nitrogen and oxygen atoms in total. The van der Waals surface area contributed by atoms with Crippen molar-refractivity contribution < 1.29 is 9.90 Å². The molecule has 0 saturated heterocycles. The predicted molar refractivity (Wildman–Crippen MR) is 77.4 cm³/mol. The van der Waals surface area contributed by atoms with Crippen LogP contribution in [0.1, 0.15) is 11.1 Å². The Morgan fingerprint density at radius 1 is 1.21 bits per heavy atom. The van der Waals surface area contributed by atoms with E-state index >= 15 is 0 Å². The molecule has 0 amide bonds. The maximum absolute atomic E-state index is 10.8. The van der Waals surface area contributed by atoms with E-state index in [9.17, 15) is 4.79 Å². The van der Waals surface area contributed by atoms with Gasteiger partial charge in [-0.25, -0.2) is 4.79 Å². The summed E-state index contributed by atoms with van der Waals surface area (Å²) in [6.07, 6.45) is 8.97. The summed E-state index contributed by atoms with van der Waals surface area (Å²) in [5, 5.41) is 8.89. The Balaban J connectivity index is 2.14. The Morgan fingerprint density at radius 2 is 1.95 bits per heavy atom. The fourth-order valence-corrected chi connectivity index (χ4v) is 1.65. The van der Waals surface area contributed by atoms with Gasteiger partial charge in [0.05, 0.1) is 12.1 Å². The quantitative estimate of drug-likeness (QED) is 0.900. The highest BCUT2D eigenvalue weighted by Crippen LogP contribution is 2.09. The molecule has 1 aliphatic rings. The molecule has 0 aromatic heterocycles. The Morgan fingerprint density at radius 3 is 2.63 bits per heavy atom. The van der Waals surface area contributed by atoms with Gasteiger partial charge in [-0.1, -0.05) is 48.1 Å². The van der Waals surface area contributed by atoms with Crippen LogP contribution in [0.2, 0.25) is 0 Å². The smallest absolute Gasteiger partial charge is 0.333 e. The van der Waals surface area contributed by atoms with Crippen LogP contribution in [-0.4, -0.2) is 23.8 Å². The third-order valence-corrected chi connectivity index (χ3v) is 2.80. The molecule has 0 bridgehead atoms. The zero-order chi connectivity index (χ0) is 13.7. The Bertz CT molecular complexity index is 590. The van der Waals surface area contributed by atoms with Crippen molar-refractivity contribution in [2.45, 2.75) is 6.92 Å². The number of hydrogen-bond donors (Lipinski definition) is 1. The van der Waals surface area contributed by atoms with Crippen LogP contribution in [0.4, 0.5) is 0 Å². The summed E-state index contributed by atoms with van der Waals surface area (Å²) in [5.41, 5.74) is 3.51. The van der Waals surface area contributed by atoms with E-state index in [1.807, 2.05) is 31.2 Å². The Kier molecular flexibility index (Phi) is 4.08. The molecule has 19 heavy (non-hydrogen) atoms. The minimum absolute atomic E-state index is 0.216. The summed E-state index contributed by atoms with van der Waals surface area (Å²) in [5.74, 6) is -0.919. The van der Waals surface area contributed by atoms with Gasteiger partial charge in [0.15, 0.2) is 0 Å². The minimum atomic E-state index is -0.919. The number of aliphatic imine (C=N–C) groups is 1. The molecule has 0 radical (unpaired) electrons. The van der Waals surface area contributed by atoms with E-state index in [1.165, 1.54) is 5.56 Å². The number of hydrogen-bond acceptors (Lipinski definition) is 2. The van der Waals surface area contributed by atoms with E-state index in [1.54, 1.807) is 18.4 Å². The van der Waals surface area contributed by atoms with Gasteiger partial charge in [0.1, 0.15) is 0 Å². The normalized spacial score (nSPS) is 15.0. The van der Waals surface area contributed by atoms with Gasteiger partial charge in [-0.2, -0.15) is 0 Å². The second-order valence-electron chi connectivity index (χ2n) is 4.38. The van der Waals surface area contributed by atoms with E-state index in [0.29, 0.717) is 5.57 Å². The zero-order valence-corrected chi connectivity index (χ0v) is 10.7. The molecule has 1 aromatic carbocycles. The van der Waals surface area contributed by atoms with Gasteiger partial charge in [-0.15, -0.1) is 0 Å². The minimum Gasteiger partial charge on any atom is -0.478 e. The van der Waals surface area contributed by atoms with Gasteiger partial charge in [-0.3, -0.25) is 4.99 Å². The number of benzene rings is 1. The molecule has 3 heteroatoms. The molecular weight excluding hydrogens is 238 g/mol. The molecule has 0 saturated carbocycles. The third-order valence-electron chi connectivity index (χ3n) is 2.80. The standard InChI is InChI=1S/C16H15NO2/c1-12-2-4-13(5-3-12)6-7-14-8-9-15(16(18)19)11-17-10-14/h2-10H,11H2,1H3,(H,18,19)/b7-6-. The molecule has 2 rings (SSSR count). The third kappa shape index (κ3) is 3.78. The number of nitrogens with zero attached hydrogens (tertiary/aromatic N) is 1. The predicted octanol–water partition coefficient (Wildman–Crippen LogP) is 3.03. The molecule has 1 heterocycles. The fourth-order valence-electron chi connectivity index (χ4n) is 1.65. The van der Waals surface area contributed by atoms with Crippen LogP contribution in [-0.2, 0) is 4.79 Å². The zero-order valence-electron chi connectivity index (χ0n) is 10.7. The number of rotatable bonds is 3. The maximum Gasteiger partial charge on any atom is 0.333 e. The van der Waals surface area contributed by atoms with Gasteiger partial charge >= 0.3 is 5.97 Å². The van der Waals surface area contributed by atoms with Gasteiger partial charge in [-0.05, 0) is 24.1 Å². The summed E-state index contributed by atoms with van der Waals surface area (Å²) in [4.78, 5) is 14.9. The van der Waals surface area contributed by atoms with Crippen LogP contribution >= 0.6 is 0 Å². The van der Waals surface area contributed by atoms with E-state index in [4.69, 9.17) is 5.11 Å². The summed E-state index contributed by atoms with van der Waals surface area (Å²) < 4.78 is 0. The lowest BCUT2D eigenvalue weighted by atomic mass is 10.1. The molecule has 0 unspecified atom stereocenters. The first-order chi connectivity index (χ1) is 9.15. The molecule has 0 atom stereocenters. The molecule has 0 spiro atoms. The second-order valence-corrected chi connectivity index (χ2v) is 4.38. The average molecular weight is 253 g/mol. The lowest BCUT2D eigenvalue weighted by Gasteiger charge is -1.95. The van der Waals surface area contributed by atoms with Crippen molar-refractivity contribution in [3.8, 4) is 0 Å². The number of carboxylic acids is 1. The van der Waals surface area contributed by atoms with Crippen molar-refractivity contribution in [3.05, 3.63) is 64.8 Å². The van der Waals surface area contributed by atoms with Crippen LogP contribution in [0, 0.1) is 6.92 Å². The average Bonchev–Trinajstić information content (AvgIpc) is 2.63. The van der Waals surface area contributed by atoms with Crippen LogP contribution in [0.15, 0.2) is 58.6 Å². The molecule has 96 valence electrons. The van der Waals surface area contributed by atoms with Gasteiger partial charge < -0.3 is 5.11 Å². The van der Waals surface area contributed by atoms with Crippen molar-refractivity contribution in [2.24, 2.45) is 4.99 Å². The summed E-state index contributed by atoms with van der Waals surface area (Å²) in [7, 11) is 0. The maximum atomic E-state index is 10.8. The number of aliphatic carboxylic acids is 1. The lowest BCUT2D eigenvalue weighted by Crippen LogP contribution is -2.02. The Labute approximate surface area is 112 Å². The summed E-state index contributed by atoms with van der Waals surface area (Å²) in [6.45, 7) is 2.26. The topological polar surface area (TPSA) is 49.7 Å². The molecule has 1 N–H and O–H groups in total. The van der Waals surface area contributed by atoms with Crippen molar-refractivity contribution in [3.63, 3.8) is 0 Å². The highest BCUT2D eigenvalue weighted by molar-refractivity contribution is 5.91. The molecule has 1 aliphatic heterocycles. The van der Waals surface area contributed by atoms with E-state index in [-0.39, 0.29) is 6.54 Å². The van der Waals surface area contributed by atoms with Crippen molar-refractivity contribution in [1.29, 1.82) is 0 Å². The van der Waals surface area contributed by atoms with Gasteiger partial charge in [0.2, 0.25) is 0 Å². The first kappa shape index (κ1) is 13.0. The summed E-state index contributed by atoms with van der Waals surface area (Å²) in [6, 6.07) is 8.19. The highest BCUT2D eigenvalue weighted by atomic mass is 16.4. The molecule has 1 aromatic rings. The number of aryl methyl sites for hydroxylation is 1. The molecular formula is C16H15NO2. The SMILES string of the molecule is Cc1ccc(/C=C\C2=CC=C(C(=O)O)CN=C2)cc1. The van der Waals surface area contributed by atoms with Crippen molar-refractivity contribution >= 4 is 18.3 Å². The second kappa shape index (κ2) is 5.96. The van der Waals surface area contributed by atoms with E-state index < -0.39 is 5.97 Å². The van der Waals surface area contributed by atoms with Crippen molar-refractivity contribution in [1.82, 2.24) is 0 Å². The lowest BCUT2D eigenvalue weighted by molar-refractivity contribution is -0.132. The number of carboxylic acid groups (broad SMARTS) is 1. The first-order valence-electron chi connectivity index (χ1n) is 6.04. The summed E-state index contributed by atoms with van der Waals surface area (Å²) >= 11 is 0. The van der Waals surface area contributed by atoms with E-state index in [0.717, 1.165) is 11.1 Å². The first-order valence-corrected chi connectivity index (χ1v) is 6.04. The van der Waals surface area contributed by atoms with E-state index in [2.05, 4.69) is 17.1 Å². The monoisotopic (exact) mass is 253 g/mol. The van der Waals surface area contributed by atoms with Gasteiger partial charge in [0.25, 0.3) is 0 Å². The fraction of sp³-hybridized carbons (Fsp3) is 0.125.